The van der Waals surface area contributed by atoms with Gasteiger partial charge in [0.05, 0.1) is 12.4 Å². The monoisotopic (exact) mass is 253 g/mol. The molecule has 92 valence electrons. The van der Waals surface area contributed by atoms with Crippen LogP contribution in [-0.2, 0) is 0 Å². The number of hydrazine groups is 1. The van der Waals surface area contributed by atoms with E-state index in [9.17, 15) is 4.79 Å². The number of nitrogens with two attached hydrogens (primary N) is 1. The van der Waals surface area contributed by atoms with Gasteiger partial charge in [-0.25, -0.2) is 15.8 Å². The Morgan fingerprint density at radius 3 is 2.94 bits per heavy atom. The van der Waals surface area contributed by atoms with Crippen LogP contribution in [0, 0.1) is 0 Å². The number of rotatable bonds is 2. The second-order valence-electron chi connectivity index (χ2n) is 3.69. The summed E-state index contributed by atoms with van der Waals surface area (Å²) in [4.78, 5) is 22.0. The Morgan fingerprint density at radius 2 is 2.24 bits per heavy atom. The molecule has 17 heavy (non-hydrogen) atoms. The van der Waals surface area contributed by atoms with E-state index >= 15 is 0 Å². The molecule has 1 aromatic rings. The largest absolute Gasteiger partial charge is 0.336 e. The third-order valence-electron chi connectivity index (χ3n) is 2.53. The van der Waals surface area contributed by atoms with Crippen LogP contribution >= 0.6 is 11.8 Å². The molecule has 1 saturated heterocycles. The minimum Gasteiger partial charge on any atom is -0.336 e. The van der Waals surface area contributed by atoms with Crippen LogP contribution in [0.1, 0.15) is 16.9 Å². The second-order valence-corrected chi connectivity index (χ2v) is 4.91. The highest BCUT2D eigenvalue weighted by Gasteiger charge is 2.18. The summed E-state index contributed by atoms with van der Waals surface area (Å²) in [5.74, 6) is 7.69. The fraction of sp³-hybridized carbons (Fsp3) is 0.500. The first-order chi connectivity index (χ1) is 8.31. The van der Waals surface area contributed by atoms with Crippen molar-refractivity contribution in [3.63, 3.8) is 0 Å². The molecule has 0 unspecified atom stereocenters. The van der Waals surface area contributed by atoms with E-state index in [0.717, 1.165) is 31.0 Å². The normalized spacial score (nSPS) is 16.4. The minimum atomic E-state index is -0.0522. The number of hydrogen-bond donors (Lipinski definition) is 2. The number of amides is 1. The summed E-state index contributed by atoms with van der Waals surface area (Å²) >= 11 is 1.88. The van der Waals surface area contributed by atoms with Gasteiger partial charge < -0.3 is 10.3 Å². The Balaban J connectivity index is 2.06. The molecule has 1 amide bonds. The number of carbonyl (C=O) groups is 1. The van der Waals surface area contributed by atoms with Crippen LogP contribution in [0.5, 0.6) is 0 Å². The molecule has 0 saturated carbocycles. The maximum absolute atomic E-state index is 12.1. The van der Waals surface area contributed by atoms with Gasteiger partial charge in [-0.3, -0.25) is 4.79 Å². The Morgan fingerprint density at radius 1 is 1.35 bits per heavy atom. The maximum atomic E-state index is 12.1. The van der Waals surface area contributed by atoms with Gasteiger partial charge in [-0.05, 0) is 12.2 Å². The molecule has 2 heterocycles. The van der Waals surface area contributed by atoms with Crippen LogP contribution in [0.4, 0.5) is 5.82 Å². The summed E-state index contributed by atoms with van der Waals surface area (Å²) in [5.41, 5.74) is 2.75. The zero-order valence-corrected chi connectivity index (χ0v) is 10.2. The molecule has 0 aromatic carbocycles. The van der Waals surface area contributed by atoms with E-state index in [-0.39, 0.29) is 5.91 Å². The van der Waals surface area contributed by atoms with Crippen LogP contribution in [0.15, 0.2) is 12.4 Å². The summed E-state index contributed by atoms with van der Waals surface area (Å²) in [6.45, 7) is 1.58. The quantitative estimate of drug-likeness (QED) is 0.584. The highest BCUT2D eigenvalue weighted by Crippen LogP contribution is 2.12. The van der Waals surface area contributed by atoms with E-state index in [1.807, 2.05) is 16.7 Å². The van der Waals surface area contributed by atoms with Crippen LogP contribution in [0.25, 0.3) is 0 Å². The van der Waals surface area contributed by atoms with Crippen molar-refractivity contribution < 1.29 is 4.79 Å². The molecular formula is C10H15N5OS. The van der Waals surface area contributed by atoms with Crippen molar-refractivity contribution in [2.24, 2.45) is 5.84 Å². The topological polar surface area (TPSA) is 84.1 Å². The van der Waals surface area contributed by atoms with Gasteiger partial charge in [0, 0.05) is 18.8 Å². The highest BCUT2D eigenvalue weighted by atomic mass is 32.2. The van der Waals surface area contributed by atoms with Crippen molar-refractivity contribution in [3.8, 4) is 0 Å². The Bertz CT molecular complexity index is 375. The summed E-state index contributed by atoms with van der Waals surface area (Å²) in [5, 5.41) is 0. The van der Waals surface area contributed by atoms with Gasteiger partial charge in [0.15, 0.2) is 5.82 Å². The van der Waals surface area contributed by atoms with Gasteiger partial charge in [-0.1, -0.05) is 0 Å². The first-order valence-electron chi connectivity index (χ1n) is 5.47. The molecule has 0 radical (unpaired) electrons. The van der Waals surface area contributed by atoms with E-state index in [1.54, 1.807) is 0 Å². The van der Waals surface area contributed by atoms with Gasteiger partial charge in [0.1, 0.15) is 5.69 Å². The Kier molecular flexibility index (Phi) is 4.16. The van der Waals surface area contributed by atoms with Crippen molar-refractivity contribution in [2.45, 2.75) is 6.42 Å². The van der Waals surface area contributed by atoms with E-state index in [2.05, 4.69) is 15.4 Å². The molecule has 2 rings (SSSR count). The standard InChI is InChI=1S/C10H15N5OS/c11-14-9-7-12-8(6-13-9)10(16)15-2-1-4-17-5-3-15/h6-7H,1-5,11H2,(H,13,14). The van der Waals surface area contributed by atoms with Crippen molar-refractivity contribution in [2.75, 3.05) is 30.0 Å². The molecule has 0 spiro atoms. The van der Waals surface area contributed by atoms with Crippen LogP contribution in [-0.4, -0.2) is 45.4 Å². The van der Waals surface area contributed by atoms with Gasteiger partial charge in [0.2, 0.25) is 0 Å². The zero-order chi connectivity index (χ0) is 12.1. The van der Waals surface area contributed by atoms with Crippen LogP contribution in [0.2, 0.25) is 0 Å². The fourth-order valence-corrected chi connectivity index (χ4v) is 2.51. The minimum absolute atomic E-state index is 0.0522. The van der Waals surface area contributed by atoms with Crippen molar-refractivity contribution in [1.29, 1.82) is 0 Å². The zero-order valence-electron chi connectivity index (χ0n) is 9.43. The van der Waals surface area contributed by atoms with E-state index in [0.29, 0.717) is 11.5 Å². The van der Waals surface area contributed by atoms with E-state index < -0.39 is 0 Å². The average Bonchev–Trinajstić information content (AvgIpc) is 2.67. The predicted octanol–water partition coefficient (Wildman–Crippen LogP) is 0.341. The third-order valence-corrected chi connectivity index (χ3v) is 3.58. The third kappa shape index (κ3) is 3.07. The molecule has 6 nitrogen and oxygen atoms in total. The molecule has 0 aliphatic carbocycles. The predicted molar refractivity (Wildman–Crippen MR) is 67.7 cm³/mol. The van der Waals surface area contributed by atoms with Gasteiger partial charge >= 0.3 is 0 Å². The lowest BCUT2D eigenvalue weighted by atomic mass is 10.3. The fourth-order valence-electron chi connectivity index (χ4n) is 1.62. The van der Waals surface area contributed by atoms with Crippen LogP contribution < -0.4 is 11.3 Å². The van der Waals surface area contributed by atoms with Gasteiger partial charge in [-0.15, -0.1) is 0 Å². The first kappa shape index (κ1) is 12.1. The second kappa shape index (κ2) is 5.83. The van der Waals surface area contributed by atoms with Crippen molar-refractivity contribution in [3.05, 3.63) is 18.1 Å². The number of thioether (sulfide) groups is 1. The first-order valence-corrected chi connectivity index (χ1v) is 6.62. The molecule has 0 atom stereocenters. The molecule has 1 aliphatic heterocycles. The number of nitrogen functional groups attached to an aromatic ring is 1. The number of aromatic nitrogens is 2. The van der Waals surface area contributed by atoms with E-state index in [1.165, 1.54) is 12.4 Å². The summed E-state index contributed by atoms with van der Waals surface area (Å²) in [6.07, 6.45) is 3.95. The lowest BCUT2D eigenvalue weighted by Gasteiger charge is -2.19. The maximum Gasteiger partial charge on any atom is 0.274 e. The smallest absolute Gasteiger partial charge is 0.274 e. The van der Waals surface area contributed by atoms with Crippen LogP contribution in [0.3, 0.4) is 0 Å². The summed E-state index contributed by atoms with van der Waals surface area (Å²) in [6, 6.07) is 0. The number of carbonyl (C=O) groups excluding carboxylic acids is 1. The molecule has 1 aromatic heterocycles. The number of hydrogen-bond acceptors (Lipinski definition) is 6. The lowest BCUT2D eigenvalue weighted by molar-refractivity contribution is 0.0762. The Labute approximate surface area is 104 Å². The lowest BCUT2D eigenvalue weighted by Crippen LogP contribution is -2.33. The number of nitrogens with one attached hydrogen (secondary N) is 1. The summed E-state index contributed by atoms with van der Waals surface area (Å²) < 4.78 is 0. The molecule has 7 heteroatoms. The van der Waals surface area contributed by atoms with Gasteiger partial charge in [0.25, 0.3) is 5.91 Å². The molecule has 1 fully saturated rings. The van der Waals surface area contributed by atoms with E-state index in [4.69, 9.17) is 5.84 Å². The molecule has 1 aliphatic rings. The van der Waals surface area contributed by atoms with Gasteiger partial charge in [-0.2, -0.15) is 11.8 Å². The number of nitrogens with zero attached hydrogens (tertiary/aromatic N) is 3. The SMILES string of the molecule is NNc1cnc(C(=O)N2CCCSCC2)cn1. The molecular weight excluding hydrogens is 238 g/mol. The molecule has 3 N–H and O–H groups in total. The molecule has 0 bridgehead atoms. The average molecular weight is 253 g/mol. The summed E-state index contributed by atoms with van der Waals surface area (Å²) in [7, 11) is 0. The van der Waals surface area contributed by atoms with Crippen molar-refractivity contribution in [1.82, 2.24) is 14.9 Å². The Hall–Kier alpha value is -1.34. The highest BCUT2D eigenvalue weighted by molar-refractivity contribution is 7.99. The number of anilines is 1. The van der Waals surface area contributed by atoms with Crippen molar-refractivity contribution >= 4 is 23.5 Å².